The van der Waals surface area contributed by atoms with E-state index in [2.05, 4.69) is 0 Å². The summed E-state index contributed by atoms with van der Waals surface area (Å²) < 4.78 is 5.14. The van der Waals surface area contributed by atoms with Crippen molar-refractivity contribution >= 4 is 17.5 Å². The lowest BCUT2D eigenvalue weighted by atomic mass is 10.2. The van der Waals surface area contributed by atoms with Crippen molar-refractivity contribution in [1.29, 1.82) is 5.26 Å². The molecule has 0 unspecified atom stereocenters. The van der Waals surface area contributed by atoms with Gasteiger partial charge >= 0.3 is 0 Å². The summed E-state index contributed by atoms with van der Waals surface area (Å²) in [6.45, 7) is 1.66. The number of aryl methyl sites for hydroxylation is 1. The van der Waals surface area contributed by atoms with Gasteiger partial charge in [-0.25, -0.2) is 0 Å². The molecule has 0 aliphatic heterocycles. The largest absolute Gasteiger partial charge is 0.482 e. The third kappa shape index (κ3) is 3.49. The molecule has 0 aliphatic carbocycles. The number of carbonyl (C=O) groups excluding carboxylic acids is 1. The van der Waals surface area contributed by atoms with Crippen LogP contribution in [-0.4, -0.2) is 12.5 Å². The topological polar surface area (TPSA) is 62.1 Å². The maximum atomic E-state index is 10.9. The molecular weight excluding hydrogens is 216 g/mol. The summed E-state index contributed by atoms with van der Waals surface area (Å²) in [5.74, 6) is -0.0696. The number of ether oxygens (including phenoxy) is 1. The van der Waals surface area contributed by atoms with Gasteiger partial charge in [-0.05, 0) is 24.6 Å². The van der Waals surface area contributed by atoms with Crippen LogP contribution < -0.4 is 10.1 Å². The van der Waals surface area contributed by atoms with E-state index in [1.165, 1.54) is 6.19 Å². The zero-order chi connectivity index (χ0) is 11.3. The molecule has 78 valence electrons. The lowest BCUT2D eigenvalue weighted by Crippen LogP contribution is -2.24. The Morgan fingerprint density at radius 3 is 3.07 bits per heavy atom. The van der Waals surface area contributed by atoms with Crippen LogP contribution >= 0.6 is 11.6 Å². The molecule has 4 nitrogen and oxygen atoms in total. The van der Waals surface area contributed by atoms with Gasteiger partial charge in [-0.2, -0.15) is 5.26 Å². The average Bonchev–Trinajstić information content (AvgIpc) is 2.20. The van der Waals surface area contributed by atoms with E-state index in [-0.39, 0.29) is 6.61 Å². The molecule has 5 heteroatoms. The Hall–Kier alpha value is -1.73. The molecule has 0 bridgehead atoms. The van der Waals surface area contributed by atoms with Crippen molar-refractivity contribution in [3.8, 4) is 11.9 Å². The highest BCUT2D eigenvalue weighted by atomic mass is 35.5. The zero-order valence-corrected chi connectivity index (χ0v) is 8.84. The minimum Gasteiger partial charge on any atom is -0.482 e. The van der Waals surface area contributed by atoms with Crippen LogP contribution in [0.3, 0.4) is 0 Å². The van der Waals surface area contributed by atoms with Gasteiger partial charge in [0.05, 0.1) is 5.02 Å². The monoisotopic (exact) mass is 224 g/mol. The molecule has 0 aromatic heterocycles. The Morgan fingerprint density at radius 2 is 2.40 bits per heavy atom. The lowest BCUT2D eigenvalue weighted by Gasteiger charge is -2.06. The third-order valence-electron chi connectivity index (χ3n) is 1.64. The lowest BCUT2D eigenvalue weighted by molar-refractivity contribution is -0.121. The van der Waals surface area contributed by atoms with E-state index in [9.17, 15) is 4.79 Å². The standard InChI is InChI=1S/C10H9ClN2O2/c1-7-2-3-8(11)9(4-7)15-5-10(14)13-6-12/h2-4H,5H2,1H3,(H,13,14). The molecule has 0 radical (unpaired) electrons. The number of nitrogens with zero attached hydrogens (tertiary/aromatic N) is 1. The van der Waals surface area contributed by atoms with Gasteiger partial charge in [0.15, 0.2) is 12.8 Å². The van der Waals surface area contributed by atoms with Crippen molar-refractivity contribution in [2.75, 3.05) is 6.61 Å². The van der Waals surface area contributed by atoms with E-state index in [0.717, 1.165) is 5.56 Å². The molecule has 0 fully saturated rings. The number of amides is 1. The molecule has 1 aromatic rings. The van der Waals surface area contributed by atoms with Crippen molar-refractivity contribution in [2.24, 2.45) is 0 Å². The number of carbonyl (C=O) groups is 1. The molecular formula is C10H9ClN2O2. The van der Waals surface area contributed by atoms with E-state index in [0.29, 0.717) is 10.8 Å². The first-order valence-electron chi connectivity index (χ1n) is 4.20. The summed E-state index contributed by atoms with van der Waals surface area (Å²) >= 11 is 5.84. The second kappa shape index (κ2) is 5.23. The highest BCUT2D eigenvalue weighted by molar-refractivity contribution is 6.32. The molecule has 1 amide bonds. The van der Waals surface area contributed by atoms with Gasteiger partial charge < -0.3 is 4.74 Å². The highest BCUT2D eigenvalue weighted by Crippen LogP contribution is 2.24. The van der Waals surface area contributed by atoms with Crippen molar-refractivity contribution < 1.29 is 9.53 Å². The van der Waals surface area contributed by atoms with Crippen LogP contribution in [0.25, 0.3) is 0 Å². The SMILES string of the molecule is Cc1ccc(Cl)c(OCC(=O)NC#N)c1. The number of hydrogen-bond donors (Lipinski definition) is 1. The summed E-state index contributed by atoms with van der Waals surface area (Å²) in [5, 5.41) is 10.6. The Balaban J connectivity index is 2.61. The second-order valence-corrected chi connectivity index (χ2v) is 3.29. The van der Waals surface area contributed by atoms with Crippen LogP contribution in [-0.2, 0) is 4.79 Å². The van der Waals surface area contributed by atoms with Gasteiger partial charge in [-0.3, -0.25) is 10.1 Å². The fourth-order valence-electron chi connectivity index (χ4n) is 0.963. The predicted molar refractivity (Wildman–Crippen MR) is 55.4 cm³/mol. The van der Waals surface area contributed by atoms with E-state index in [4.69, 9.17) is 21.6 Å². The predicted octanol–water partition coefficient (Wildman–Crippen LogP) is 1.62. The Labute approximate surface area is 92.4 Å². The Kier molecular flexibility index (Phi) is 3.95. The number of nitriles is 1. The van der Waals surface area contributed by atoms with Crippen LogP contribution in [0.2, 0.25) is 5.02 Å². The third-order valence-corrected chi connectivity index (χ3v) is 1.95. The Bertz CT molecular complexity index is 412. The molecule has 0 spiro atoms. The first kappa shape index (κ1) is 11.3. The summed E-state index contributed by atoms with van der Waals surface area (Å²) in [5.41, 5.74) is 0.982. The zero-order valence-electron chi connectivity index (χ0n) is 8.08. The molecule has 0 aliphatic rings. The molecule has 15 heavy (non-hydrogen) atoms. The smallest absolute Gasteiger partial charge is 0.270 e. The highest BCUT2D eigenvalue weighted by Gasteiger charge is 2.05. The first-order chi connectivity index (χ1) is 7.13. The van der Waals surface area contributed by atoms with Crippen LogP contribution in [0.5, 0.6) is 5.75 Å². The van der Waals surface area contributed by atoms with E-state index in [1.807, 2.05) is 18.3 Å². The molecule has 1 N–H and O–H groups in total. The van der Waals surface area contributed by atoms with Gasteiger partial charge in [0, 0.05) is 0 Å². The van der Waals surface area contributed by atoms with Gasteiger partial charge in [-0.15, -0.1) is 0 Å². The fourth-order valence-corrected chi connectivity index (χ4v) is 1.14. The maximum absolute atomic E-state index is 10.9. The van der Waals surface area contributed by atoms with Gasteiger partial charge in [0.25, 0.3) is 5.91 Å². The number of nitrogens with one attached hydrogen (secondary N) is 1. The molecule has 0 atom stereocenters. The molecule has 0 saturated carbocycles. The molecule has 1 rings (SSSR count). The summed E-state index contributed by atoms with van der Waals surface area (Å²) in [4.78, 5) is 10.9. The van der Waals surface area contributed by atoms with Crippen molar-refractivity contribution in [2.45, 2.75) is 6.92 Å². The van der Waals surface area contributed by atoms with Gasteiger partial charge in [0.2, 0.25) is 0 Å². The minimum atomic E-state index is -0.505. The molecule has 0 heterocycles. The number of rotatable bonds is 3. The van der Waals surface area contributed by atoms with Gasteiger partial charge in [0.1, 0.15) is 5.75 Å². The number of hydrogen-bond acceptors (Lipinski definition) is 3. The average molecular weight is 225 g/mol. The maximum Gasteiger partial charge on any atom is 0.270 e. The van der Waals surface area contributed by atoms with Crippen molar-refractivity contribution in [3.05, 3.63) is 28.8 Å². The second-order valence-electron chi connectivity index (χ2n) is 2.88. The summed E-state index contributed by atoms with van der Waals surface area (Å²) in [6, 6.07) is 5.25. The fraction of sp³-hybridized carbons (Fsp3) is 0.200. The van der Waals surface area contributed by atoms with Crippen LogP contribution in [0.15, 0.2) is 18.2 Å². The quantitative estimate of drug-likeness (QED) is 0.627. The Morgan fingerprint density at radius 1 is 1.67 bits per heavy atom. The first-order valence-corrected chi connectivity index (χ1v) is 4.58. The van der Waals surface area contributed by atoms with Gasteiger partial charge in [-0.1, -0.05) is 17.7 Å². The summed E-state index contributed by atoms with van der Waals surface area (Å²) in [7, 11) is 0. The molecule has 1 aromatic carbocycles. The molecule has 0 saturated heterocycles. The van der Waals surface area contributed by atoms with E-state index in [1.54, 1.807) is 12.1 Å². The normalized spacial score (nSPS) is 9.13. The summed E-state index contributed by atoms with van der Waals surface area (Å²) in [6.07, 6.45) is 1.52. The number of halogens is 1. The van der Waals surface area contributed by atoms with Crippen molar-refractivity contribution in [1.82, 2.24) is 5.32 Å². The number of benzene rings is 1. The van der Waals surface area contributed by atoms with E-state index < -0.39 is 5.91 Å². The van der Waals surface area contributed by atoms with Crippen LogP contribution in [0.4, 0.5) is 0 Å². The van der Waals surface area contributed by atoms with Crippen molar-refractivity contribution in [3.63, 3.8) is 0 Å². The van der Waals surface area contributed by atoms with Crippen LogP contribution in [0.1, 0.15) is 5.56 Å². The van der Waals surface area contributed by atoms with E-state index >= 15 is 0 Å². The van der Waals surface area contributed by atoms with Crippen LogP contribution in [0, 0.1) is 18.4 Å². The minimum absolute atomic E-state index is 0.225.